The summed E-state index contributed by atoms with van der Waals surface area (Å²) in [6.45, 7) is 3.10. The lowest BCUT2D eigenvalue weighted by atomic mass is 10.2. The number of nitrogens with zero attached hydrogens (tertiary/aromatic N) is 4. The van der Waals surface area contributed by atoms with Gasteiger partial charge in [-0.15, -0.1) is 0 Å². The number of unbranched alkanes of at least 4 members (excludes halogenated alkanes) is 1. The molecule has 3 heterocycles. The molecule has 1 N–H and O–H groups in total. The van der Waals surface area contributed by atoms with E-state index >= 15 is 0 Å². The lowest BCUT2D eigenvalue weighted by Gasteiger charge is -2.15. The number of hydrogen-bond donors (Lipinski definition) is 1. The Morgan fingerprint density at radius 3 is 2.70 bits per heavy atom. The molecule has 7 heteroatoms. The van der Waals surface area contributed by atoms with Crippen molar-refractivity contribution in [3.05, 3.63) is 66.0 Å². The highest BCUT2D eigenvalue weighted by atomic mass is 16.2. The van der Waals surface area contributed by atoms with Crippen LogP contribution in [0.15, 0.2) is 48.9 Å². The zero-order valence-corrected chi connectivity index (χ0v) is 15.6. The number of amides is 2. The average Bonchev–Trinajstić information content (AvgIpc) is 3.10. The van der Waals surface area contributed by atoms with Gasteiger partial charge in [0.15, 0.2) is 5.69 Å². The van der Waals surface area contributed by atoms with Crippen molar-refractivity contribution in [2.75, 3.05) is 13.6 Å². The van der Waals surface area contributed by atoms with Gasteiger partial charge in [0.1, 0.15) is 0 Å². The van der Waals surface area contributed by atoms with Crippen LogP contribution >= 0.6 is 0 Å². The molecule has 0 unspecified atom stereocenters. The molecule has 3 rings (SSSR count). The van der Waals surface area contributed by atoms with Crippen LogP contribution in [0.25, 0.3) is 5.52 Å². The van der Waals surface area contributed by atoms with E-state index in [4.69, 9.17) is 0 Å². The Morgan fingerprint density at radius 1 is 1.19 bits per heavy atom. The first-order valence-corrected chi connectivity index (χ1v) is 9.01. The minimum Gasteiger partial charge on any atom is -0.345 e. The monoisotopic (exact) mass is 365 g/mol. The minimum absolute atomic E-state index is 0.180. The first kappa shape index (κ1) is 18.6. The number of imidazole rings is 1. The summed E-state index contributed by atoms with van der Waals surface area (Å²) in [5.74, 6) is -0.310. The number of fused-ring (bicyclic) bond motifs is 1. The fourth-order valence-electron chi connectivity index (χ4n) is 2.80. The van der Waals surface area contributed by atoms with Gasteiger partial charge in [-0.25, -0.2) is 4.98 Å². The molecule has 2 amide bonds. The van der Waals surface area contributed by atoms with Crippen molar-refractivity contribution >= 4 is 17.3 Å². The lowest BCUT2D eigenvalue weighted by molar-refractivity contribution is 0.0790. The van der Waals surface area contributed by atoms with E-state index in [1.54, 1.807) is 41.0 Å². The normalized spacial score (nSPS) is 10.7. The third kappa shape index (κ3) is 4.13. The predicted octanol–water partition coefficient (Wildman–Crippen LogP) is 2.53. The van der Waals surface area contributed by atoms with Crippen LogP contribution in [0.5, 0.6) is 0 Å². The molecule has 0 radical (unpaired) electrons. The predicted molar refractivity (Wildman–Crippen MR) is 102 cm³/mol. The molecule has 0 spiro atoms. The molecule has 0 saturated heterocycles. The first-order valence-electron chi connectivity index (χ1n) is 9.01. The van der Waals surface area contributed by atoms with Gasteiger partial charge in [0.25, 0.3) is 11.8 Å². The van der Waals surface area contributed by atoms with Gasteiger partial charge in [-0.1, -0.05) is 19.4 Å². The summed E-state index contributed by atoms with van der Waals surface area (Å²) in [5.41, 5.74) is 1.86. The van der Waals surface area contributed by atoms with Gasteiger partial charge in [0.05, 0.1) is 5.52 Å². The Bertz CT molecular complexity index is 936. The van der Waals surface area contributed by atoms with Crippen LogP contribution in [-0.2, 0) is 6.54 Å². The number of carbonyl (C=O) groups excluding carboxylic acids is 2. The number of hydrogen-bond acceptors (Lipinski definition) is 4. The number of nitrogens with one attached hydrogen (secondary N) is 1. The molecule has 3 aromatic heterocycles. The second kappa shape index (κ2) is 8.44. The van der Waals surface area contributed by atoms with Crippen LogP contribution in [0.2, 0.25) is 0 Å². The van der Waals surface area contributed by atoms with Crippen LogP contribution in [0.3, 0.4) is 0 Å². The molecule has 0 bridgehead atoms. The van der Waals surface area contributed by atoms with E-state index in [0.717, 1.165) is 18.4 Å². The van der Waals surface area contributed by atoms with E-state index < -0.39 is 0 Å². The standard InChI is InChI=1S/C20H23N5O2/c1-3-4-12-24(2)20(27)17-16-7-5-6-13-25(16)18(23-17)19(26)22-14-15-8-10-21-11-9-15/h5-11,13H,3-4,12,14H2,1-2H3,(H,22,26). The number of rotatable bonds is 7. The van der Waals surface area contributed by atoms with Crippen LogP contribution in [0, 0.1) is 0 Å². The molecule has 0 fully saturated rings. The maximum absolute atomic E-state index is 12.8. The van der Waals surface area contributed by atoms with E-state index in [0.29, 0.717) is 24.3 Å². The van der Waals surface area contributed by atoms with Gasteiger partial charge in [-0.3, -0.25) is 19.0 Å². The molecule has 0 aliphatic heterocycles. The number of aromatic nitrogens is 3. The molecule has 0 atom stereocenters. The summed E-state index contributed by atoms with van der Waals surface area (Å²) in [7, 11) is 1.76. The summed E-state index contributed by atoms with van der Waals surface area (Å²) in [6, 6.07) is 9.11. The summed E-state index contributed by atoms with van der Waals surface area (Å²) in [6.07, 6.45) is 7.02. The van der Waals surface area contributed by atoms with E-state index in [1.165, 1.54) is 0 Å². The van der Waals surface area contributed by atoms with E-state index in [2.05, 4.69) is 22.2 Å². The molecular formula is C20H23N5O2. The quantitative estimate of drug-likeness (QED) is 0.698. The second-order valence-electron chi connectivity index (χ2n) is 6.36. The summed E-state index contributed by atoms with van der Waals surface area (Å²) in [4.78, 5) is 35.5. The number of carbonyl (C=O) groups is 2. The van der Waals surface area contributed by atoms with E-state index in [-0.39, 0.29) is 17.6 Å². The fraction of sp³-hybridized carbons (Fsp3) is 0.300. The van der Waals surface area contributed by atoms with Crippen molar-refractivity contribution < 1.29 is 9.59 Å². The van der Waals surface area contributed by atoms with Crippen molar-refractivity contribution in [3.63, 3.8) is 0 Å². The van der Waals surface area contributed by atoms with Crippen LogP contribution in [-0.4, -0.2) is 44.7 Å². The molecule has 27 heavy (non-hydrogen) atoms. The van der Waals surface area contributed by atoms with Crippen molar-refractivity contribution in [3.8, 4) is 0 Å². The zero-order chi connectivity index (χ0) is 19.2. The lowest BCUT2D eigenvalue weighted by Crippen LogP contribution is -2.28. The third-order valence-electron chi connectivity index (χ3n) is 4.35. The largest absolute Gasteiger partial charge is 0.345 e. The maximum Gasteiger partial charge on any atom is 0.287 e. The summed E-state index contributed by atoms with van der Waals surface area (Å²) >= 11 is 0. The zero-order valence-electron chi connectivity index (χ0n) is 15.6. The SMILES string of the molecule is CCCCN(C)C(=O)c1nc(C(=O)NCc2ccncc2)n2ccccc12. The van der Waals surface area contributed by atoms with Gasteiger partial charge in [0.2, 0.25) is 5.82 Å². The topological polar surface area (TPSA) is 79.6 Å². The fourth-order valence-corrected chi connectivity index (χ4v) is 2.80. The molecule has 0 aliphatic rings. The van der Waals surface area contributed by atoms with Crippen molar-refractivity contribution in [2.24, 2.45) is 0 Å². The highest BCUT2D eigenvalue weighted by Gasteiger charge is 2.23. The van der Waals surface area contributed by atoms with Crippen LogP contribution in [0.1, 0.15) is 46.4 Å². The van der Waals surface area contributed by atoms with Gasteiger partial charge in [0, 0.05) is 38.7 Å². The maximum atomic E-state index is 12.8. The Labute approximate surface area is 158 Å². The van der Waals surface area contributed by atoms with E-state index in [1.807, 2.05) is 24.3 Å². The Morgan fingerprint density at radius 2 is 1.96 bits per heavy atom. The molecule has 140 valence electrons. The van der Waals surface area contributed by atoms with E-state index in [9.17, 15) is 9.59 Å². The van der Waals surface area contributed by atoms with Gasteiger partial charge in [-0.05, 0) is 36.2 Å². The second-order valence-corrected chi connectivity index (χ2v) is 6.36. The summed E-state index contributed by atoms with van der Waals surface area (Å²) < 4.78 is 1.66. The highest BCUT2D eigenvalue weighted by molar-refractivity contribution is 6.02. The average molecular weight is 365 g/mol. The van der Waals surface area contributed by atoms with Crippen LogP contribution < -0.4 is 5.32 Å². The first-order chi connectivity index (χ1) is 13.1. The molecule has 3 aromatic rings. The minimum atomic E-state index is -0.330. The molecule has 0 aromatic carbocycles. The number of pyridine rings is 2. The van der Waals surface area contributed by atoms with Crippen LogP contribution in [0.4, 0.5) is 0 Å². The molecule has 0 aliphatic carbocycles. The molecule has 7 nitrogen and oxygen atoms in total. The Kier molecular flexibility index (Phi) is 5.80. The Hall–Kier alpha value is -3.22. The van der Waals surface area contributed by atoms with Crippen molar-refractivity contribution in [1.29, 1.82) is 0 Å². The van der Waals surface area contributed by atoms with Crippen molar-refractivity contribution in [1.82, 2.24) is 24.6 Å². The van der Waals surface area contributed by atoms with Gasteiger partial charge in [-0.2, -0.15) is 0 Å². The third-order valence-corrected chi connectivity index (χ3v) is 4.35. The molecular weight excluding hydrogens is 342 g/mol. The van der Waals surface area contributed by atoms with Crippen molar-refractivity contribution in [2.45, 2.75) is 26.3 Å². The summed E-state index contributed by atoms with van der Waals surface area (Å²) in [5, 5.41) is 2.85. The smallest absolute Gasteiger partial charge is 0.287 e. The Balaban J connectivity index is 1.85. The molecule has 0 saturated carbocycles. The highest BCUT2D eigenvalue weighted by Crippen LogP contribution is 2.15. The van der Waals surface area contributed by atoms with Gasteiger partial charge >= 0.3 is 0 Å². The van der Waals surface area contributed by atoms with Gasteiger partial charge < -0.3 is 10.2 Å².